The highest BCUT2D eigenvalue weighted by atomic mass is 16.5. The Labute approximate surface area is 162 Å². The van der Waals surface area contributed by atoms with Crippen molar-refractivity contribution < 1.29 is 9.53 Å². The fourth-order valence-electron chi connectivity index (χ4n) is 3.57. The number of nitrogens with one attached hydrogen (secondary N) is 1. The first kappa shape index (κ1) is 18.4. The van der Waals surface area contributed by atoms with Crippen molar-refractivity contribution in [2.45, 2.75) is 33.0 Å². The van der Waals surface area contributed by atoms with Crippen molar-refractivity contribution in [2.75, 3.05) is 13.1 Å². The number of aromatic amines is 1. The molecule has 3 heterocycles. The maximum Gasteiger partial charge on any atom is 0.285 e. The summed E-state index contributed by atoms with van der Waals surface area (Å²) in [4.78, 5) is 32.0. The minimum Gasteiger partial charge on any atom is -0.366 e. The molecule has 1 fully saturated rings. The molecule has 4 rings (SSSR count). The molecule has 1 saturated heterocycles. The van der Waals surface area contributed by atoms with E-state index in [1.807, 2.05) is 37.3 Å². The Morgan fingerprint density at radius 2 is 2.00 bits per heavy atom. The highest BCUT2D eigenvalue weighted by Crippen LogP contribution is 2.28. The molecular weight excluding hydrogens is 356 g/mol. The fraction of sp³-hybridized carbons (Fsp3) is 0.381. The number of benzene rings is 1. The lowest BCUT2D eigenvalue weighted by molar-refractivity contribution is -0.0955. The molecule has 0 radical (unpaired) electrons. The zero-order chi connectivity index (χ0) is 19.8. The lowest BCUT2D eigenvalue weighted by Gasteiger charge is -2.40. The molecule has 1 aliphatic rings. The van der Waals surface area contributed by atoms with Crippen molar-refractivity contribution in [3.63, 3.8) is 0 Å². The molecule has 0 bridgehead atoms. The zero-order valence-corrected chi connectivity index (χ0v) is 16.3. The van der Waals surface area contributed by atoms with E-state index in [1.54, 1.807) is 11.0 Å². The normalized spacial score (nSPS) is 20.1. The molecule has 1 aliphatic heterocycles. The molecule has 2 aromatic heterocycles. The summed E-state index contributed by atoms with van der Waals surface area (Å²) in [6.07, 6.45) is 1.05. The SMILES string of the molecule is Cc1cc2ncc(C(=O)N3C[C@@H](c4ccccc4)O[C@@H](C(C)C)C3)c(=O)n2[nH]1. The summed E-state index contributed by atoms with van der Waals surface area (Å²) in [6.45, 7) is 6.84. The van der Waals surface area contributed by atoms with Gasteiger partial charge in [0.1, 0.15) is 11.7 Å². The van der Waals surface area contributed by atoms with Crippen LogP contribution in [0.3, 0.4) is 0 Å². The molecule has 0 spiro atoms. The average Bonchev–Trinajstić information content (AvgIpc) is 3.09. The molecule has 1 N–H and O–H groups in total. The monoisotopic (exact) mass is 380 g/mol. The summed E-state index contributed by atoms with van der Waals surface area (Å²) >= 11 is 0. The highest BCUT2D eigenvalue weighted by molar-refractivity contribution is 5.93. The van der Waals surface area contributed by atoms with Crippen LogP contribution in [-0.4, -0.2) is 44.6 Å². The Kier molecular flexibility index (Phi) is 4.77. The van der Waals surface area contributed by atoms with Gasteiger partial charge < -0.3 is 9.64 Å². The van der Waals surface area contributed by atoms with Gasteiger partial charge in [-0.25, -0.2) is 9.50 Å². The third-order valence-corrected chi connectivity index (χ3v) is 5.18. The maximum absolute atomic E-state index is 13.2. The van der Waals surface area contributed by atoms with Gasteiger partial charge in [-0.2, -0.15) is 0 Å². The number of morpholine rings is 1. The van der Waals surface area contributed by atoms with Gasteiger partial charge >= 0.3 is 0 Å². The molecule has 0 aliphatic carbocycles. The number of aryl methyl sites for hydroxylation is 1. The van der Waals surface area contributed by atoms with Crippen LogP contribution in [0.1, 0.15) is 41.6 Å². The van der Waals surface area contributed by atoms with Crippen LogP contribution in [0, 0.1) is 12.8 Å². The topological polar surface area (TPSA) is 79.7 Å². The number of carbonyl (C=O) groups excluding carboxylic acids is 1. The predicted molar refractivity (Wildman–Crippen MR) is 105 cm³/mol. The first-order valence-corrected chi connectivity index (χ1v) is 9.51. The third-order valence-electron chi connectivity index (χ3n) is 5.18. The van der Waals surface area contributed by atoms with Crippen molar-refractivity contribution >= 4 is 11.6 Å². The molecule has 1 amide bonds. The molecule has 1 aromatic carbocycles. The summed E-state index contributed by atoms with van der Waals surface area (Å²) in [7, 11) is 0. The second-order valence-corrected chi connectivity index (χ2v) is 7.64. The first-order chi connectivity index (χ1) is 13.4. The van der Waals surface area contributed by atoms with Gasteiger partial charge in [-0.1, -0.05) is 44.2 Å². The standard InChI is InChI=1S/C21H24N4O3/c1-13(2)17-11-24(12-18(28-17)15-7-5-4-6-8-15)20(26)16-10-22-19-9-14(3)23-25(19)21(16)27/h4-10,13,17-18,23H,11-12H2,1-3H3/t17-,18+/m1/s1. The van der Waals surface area contributed by atoms with E-state index in [9.17, 15) is 9.59 Å². The number of H-pyrrole nitrogens is 1. The van der Waals surface area contributed by atoms with Gasteiger partial charge in [0.05, 0.1) is 12.6 Å². The first-order valence-electron chi connectivity index (χ1n) is 9.51. The fourth-order valence-corrected chi connectivity index (χ4v) is 3.57. The summed E-state index contributed by atoms with van der Waals surface area (Å²) in [5, 5.41) is 2.93. The lowest BCUT2D eigenvalue weighted by atomic mass is 10.0. The Morgan fingerprint density at radius 1 is 1.25 bits per heavy atom. The molecule has 2 atom stereocenters. The quantitative estimate of drug-likeness (QED) is 0.757. The molecule has 146 valence electrons. The molecule has 0 saturated carbocycles. The van der Waals surface area contributed by atoms with Crippen LogP contribution in [-0.2, 0) is 4.74 Å². The predicted octanol–water partition coefficient (Wildman–Crippen LogP) is 2.57. The number of aromatic nitrogens is 3. The minimum atomic E-state index is -0.382. The van der Waals surface area contributed by atoms with Crippen molar-refractivity contribution in [2.24, 2.45) is 5.92 Å². The van der Waals surface area contributed by atoms with Gasteiger partial charge in [0, 0.05) is 24.5 Å². The number of rotatable bonds is 3. The summed E-state index contributed by atoms with van der Waals surface area (Å²) < 4.78 is 7.57. The van der Waals surface area contributed by atoms with Crippen LogP contribution in [0.2, 0.25) is 0 Å². The number of ether oxygens (including phenoxy) is 1. The molecule has 7 heteroatoms. The Balaban J connectivity index is 1.67. The molecule has 3 aromatic rings. The van der Waals surface area contributed by atoms with E-state index in [-0.39, 0.29) is 35.2 Å². The van der Waals surface area contributed by atoms with Crippen molar-refractivity contribution in [3.8, 4) is 0 Å². The maximum atomic E-state index is 13.2. The van der Waals surface area contributed by atoms with Crippen LogP contribution >= 0.6 is 0 Å². The van der Waals surface area contributed by atoms with E-state index in [2.05, 4.69) is 23.9 Å². The Morgan fingerprint density at radius 3 is 2.71 bits per heavy atom. The third kappa shape index (κ3) is 3.33. The van der Waals surface area contributed by atoms with Crippen LogP contribution in [0.25, 0.3) is 5.65 Å². The van der Waals surface area contributed by atoms with Crippen LogP contribution in [0.15, 0.2) is 47.4 Å². The van der Waals surface area contributed by atoms with E-state index in [1.165, 1.54) is 10.7 Å². The summed E-state index contributed by atoms with van der Waals surface area (Å²) in [5.41, 5.74) is 2.02. The van der Waals surface area contributed by atoms with Gasteiger partial charge in [-0.05, 0) is 18.4 Å². The molecule has 0 unspecified atom stereocenters. The van der Waals surface area contributed by atoms with Crippen molar-refractivity contribution in [3.05, 3.63) is 69.8 Å². The van der Waals surface area contributed by atoms with E-state index >= 15 is 0 Å². The molecular formula is C21H24N4O3. The molecule has 28 heavy (non-hydrogen) atoms. The van der Waals surface area contributed by atoms with Gasteiger partial charge in [0.15, 0.2) is 5.65 Å². The Bertz CT molecular complexity index is 1050. The van der Waals surface area contributed by atoms with Crippen LogP contribution in [0.5, 0.6) is 0 Å². The number of hydrogen-bond donors (Lipinski definition) is 1. The van der Waals surface area contributed by atoms with E-state index < -0.39 is 0 Å². The highest BCUT2D eigenvalue weighted by Gasteiger charge is 2.34. The van der Waals surface area contributed by atoms with Gasteiger partial charge in [-0.15, -0.1) is 0 Å². The van der Waals surface area contributed by atoms with Gasteiger partial charge in [-0.3, -0.25) is 14.7 Å². The van der Waals surface area contributed by atoms with E-state index in [0.717, 1.165) is 11.3 Å². The summed E-state index contributed by atoms with van der Waals surface area (Å²) in [5.74, 6) is -0.0661. The average molecular weight is 380 g/mol. The zero-order valence-electron chi connectivity index (χ0n) is 16.3. The van der Waals surface area contributed by atoms with Gasteiger partial charge in [0.25, 0.3) is 11.5 Å². The minimum absolute atomic E-state index is 0.0653. The summed E-state index contributed by atoms with van der Waals surface area (Å²) in [6, 6.07) is 11.6. The van der Waals surface area contributed by atoms with E-state index in [4.69, 9.17) is 4.74 Å². The smallest absolute Gasteiger partial charge is 0.285 e. The van der Waals surface area contributed by atoms with Gasteiger partial charge in [0.2, 0.25) is 0 Å². The Hall–Kier alpha value is -2.93. The number of fused-ring (bicyclic) bond motifs is 1. The number of nitrogens with zero attached hydrogens (tertiary/aromatic N) is 3. The van der Waals surface area contributed by atoms with Crippen LogP contribution in [0.4, 0.5) is 0 Å². The van der Waals surface area contributed by atoms with Crippen LogP contribution < -0.4 is 5.56 Å². The van der Waals surface area contributed by atoms with Crippen molar-refractivity contribution in [1.29, 1.82) is 0 Å². The number of hydrogen-bond acceptors (Lipinski definition) is 4. The number of amides is 1. The second-order valence-electron chi connectivity index (χ2n) is 7.64. The largest absolute Gasteiger partial charge is 0.366 e. The number of carbonyl (C=O) groups is 1. The van der Waals surface area contributed by atoms with Crippen molar-refractivity contribution in [1.82, 2.24) is 19.5 Å². The van der Waals surface area contributed by atoms with E-state index in [0.29, 0.717) is 18.7 Å². The molecule has 7 nitrogen and oxygen atoms in total. The lowest BCUT2D eigenvalue weighted by Crippen LogP contribution is -2.49. The second kappa shape index (κ2) is 7.24.